The zero-order chi connectivity index (χ0) is 15.1. The predicted molar refractivity (Wildman–Crippen MR) is 77.5 cm³/mol. The fourth-order valence-electron chi connectivity index (χ4n) is 2.11. The zero-order valence-corrected chi connectivity index (χ0v) is 12.1. The van der Waals surface area contributed by atoms with Crippen molar-refractivity contribution in [2.75, 3.05) is 7.11 Å². The molecule has 0 spiro atoms. The molecule has 2 heterocycles. The van der Waals surface area contributed by atoms with E-state index in [0.29, 0.717) is 17.0 Å². The molecule has 0 bridgehead atoms. The highest BCUT2D eigenvalue weighted by Gasteiger charge is 2.15. The normalized spacial score (nSPS) is 11.0. The van der Waals surface area contributed by atoms with E-state index >= 15 is 0 Å². The van der Waals surface area contributed by atoms with Crippen LogP contribution in [0, 0.1) is 23.3 Å². The number of aromatic amines is 1. The average Bonchev–Trinajstić information content (AvgIpc) is 2.78. The molecule has 0 aliphatic heterocycles. The molecule has 4 nitrogen and oxygen atoms in total. The van der Waals surface area contributed by atoms with E-state index in [9.17, 15) is 8.78 Å². The Labute approximate surface area is 124 Å². The van der Waals surface area contributed by atoms with Crippen molar-refractivity contribution in [1.82, 2.24) is 14.5 Å². The highest BCUT2D eigenvalue weighted by molar-refractivity contribution is 7.71. The minimum atomic E-state index is -0.574. The fourth-order valence-corrected chi connectivity index (χ4v) is 2.41. The Morgan fingerprint density at radius 1 is 1.24 bits per heavy atom. The maximum absolute atomic E-state index is 14.2. The summed E-state index contributed by atoms with van der Waals surface area (Å²) in [5.41, 5.74) is 1.23. The van der Waals surface area contributed by atoms with Crippen molar-refractivity contribution in [3.63, 3.8) is 0 Å². The lowest BCUT2D eigenvalue weighted by molar-refractivity contribution is 0.399. The molecule has 0 atom stereocenters. The summed E-state index contributed by atoms with van der Waals surface area (Å²) in [7, 11) is 1.48. The Morgan fingerprint density at radius 2 is 2.00 bits per heavy atom. The number of rotatable bonds is 2. The van der Waals surface area contributed by atoms with Crippen molar-refractivity contribution in [3.05, 3.63) is 46.2 Å². The number of aromatic nitrogens is 3. The standard InChI is InChI=1S/C14H11F2N3OS/c1-7-5-9(16)11(6-8(7)15)19-13-10(17-14(19)21)3-4-12(18-13)20-2/h3-6H,1-2H3,(H,17,21). The molecule has 3 aromatic rings. The lowest BCUT2D eigenvalue weighted by atomic mass is 10.2. The van der Waals surface area contributed by atoms with E-state index in [2.05, 4.69) is 9.97 Å². The van der Waals surface area contributed by atoms with Crippen molar-refractivity contribution in [2.24, 2.45) is 0 Å². The lowest BCUT2D eigenvalue weighted by Gasteiger charge is -2.08. The van der Waals surface area contributed by atoms with Crippen LogP contribution in [-0.2, 0) is 0 Å². The second kappa shape index (κ2) is 4.92. The first-order valence-corrected chi connectivity index (χ1v) is 6.54. The molecule has 0 saturated heterocycles. The predicted octanol–water partition coefficient (Wildman–Crippen LogP) is 3.68. The SMILES string of the molecule is COc1ccc2[nH]c(=S)n(-c3cc(F)c(C)cc3F)c2n1. The molecule has 21 heavy (non-hydrogen) atoms. The van der Waals surface area contributed by atoms with Gasteiger partial charge in [-0.05, 0) is 36.8 Å². The molecular formula is C14H11F2N3OS. The molecule has 0 unspecified atom stereocenters. The van der Waals surface area contributed by atoms with Gasteiger partial charge >= 0.3 is 0 Å². The molecule has 0 amide bonds. The van der Waals surface area contributed by atoms with Crippen molar-refractivity contribution in [2.45, 2.75) is 6.92 Å². The average molecular weight is 307 g/mol. The van der Waals surface area contributed by atoms with Crippen molar-refractivity contribution in [3.8, 4) is 11.6 Å². The molecule has 0 aliphatic carbocycles. The summed E-state index contributed by atoms with van der Waals surface area (Å²) >= 11 is 5.19. The quantitative estimate of drug-likeness (QED) is 0.734. The maximum atomic E-state index is 14.2. The molecule has 0 radical (unpaired) electrons. The number of halogens is 2. The number of ether oxygens (including phenoxy) is 1. The van der Waals surface area contributed by atoms with Crippen molar-refractivity contribution < 1.29 is 13.5 Å². The van der Waals surface area contributed by atoms with E-state index in [-0.39, 0.29) is 16.0 Å². The first-order chi connectivity index (χ1) is 10.0. The topological polar surface area (TPSA) is 42.8 Å². The van der Waals surface area contributed by atoms with Gasteiger partial charge in [-0.3, -0.25) is 4.57 Å². The van der Waals surface area contributed by atoms with Gasteiger partial charge in [-0.2, -0.15) is 4.98 Å². The summed E-state index contributed by atoms with van der Waals surface area (Å²) in [4.78, 5) is 7.15. The molecule has 108 valence electrons. The molecule has 0 aliphatic rings. The van der Waals surface area contributed by atoms with Crippen LogP contribution in [0.1, 0.15) is 5.56 Å². The van der Waals surface area contributed by atoms with E-state index < -0.39 is 11.6 Å². The summed E-state index contributed by atoms with van der Waals surface area (Å²) in [6.45, 7) is 1.50. The molecule has 1 aromatic carbocycles. The maximum Gasteiger partial charge on any atom is 0.215 e. The Balaban J connectivity index is 2.36. The molecule has 1 N–H and O–H groups in total. The number of nitrogens with zero attached hydrogens (tertiary/aromatic N) is 2. The van der Waals surface area contributed by atoms with Gasteiger partial charge in [0.15, 0.2) is 10.4 Å². The molecule has 7 heteroatoms. The number of imidazole rings is 1. The Morgan fingerprint density at radius 3 is 2.71 bits per heavy atom. The van der Waals surface area contributed by atoms with Gasteiger partial charge in [0.25, 0.3) is 0 Å². The Kier molecular flexibility index (Phi) is 3.21. The number of pyridine rings is 1. The number of H-pyrrole nitrogens is 1. The summed E-state index contributed by atoms with van der Waals surface area (Å²) in [6, 6.07) is 5.61. The minimum absolute atomic E-state index is 0.00935. The van der Waals surface area contributed by atoms with Gasteiger partial charge < -0.3 is 9.72 Å². The van der Waals surface area contributed by atoms with Crippen molar-refractivity contribution >= 4 is 23.4 Å². The van der Waals surface area contributed by atoms with E-state index in [1.54, 1.807) is 12.1 Å². The summed E-state index contributed by atoms with van der Waals surface area (Å²) in [5, 5.41) is 0. The smallest absolute Gasteiger partial charge is 0.215 e. The monoisotopic (exact) mass is 307 g/mol. The number of hydrogen-bond donors (Lipinski definition) is 1. The molecule has 3 rings (SSSR count). The molecular weight excluding hydrogens is 296 g/mol. The van der Waals surface area contributed by atoms with Crippen LogP contribution in [-0.4, -0.2) is 21.6 Å². The number of nitrogens with one attached hydrogen (secondary N) is 1. The lowest BCUT2D eigenvalue weighted by Crippen LogP contribution is -2.02. The van der Waals surface area contributed by atoms with Gasteiger partial charge in [-0.1, -0.05) is 0 Å². The molecule has 0 saturated carbocycles. The third-order valence-electron chi connectivity index (χ3n) is 3.18. The summed E-state index contributed by atoms with van der Waals surface area (Å²) in [5.74, 6) is -0.723. The Bertz CT molecular complexity index is 901. The minimum Gasteiger partial charge on any atom is -0.481 e. The number of aryl methyl sites for hydroxylation is 1. The number of fused-ring (bicyclic) bond motifs is 1. The van der Waals surface area contributed by atoms with Crippen LogP contribution in [0.2, 0.25) is 0 Å². The highest BCUT2D eigenvalue weighted by Crippen LogP contribution is 2.24. The van der Waals surface area contributed by atoms with Crippen LogP contribution in [0.3, 0.4) is 0 Å². The van der Waals surface area contributed by atoms with E-state index in [0.717, 1.165) is 12.1 Å². The summed E-state index contributed by atoms with van der Waals surface area (Å²) < 4.78 is 34.6. The third kappa shape index (κ3) is 2.19. The number of methoxy groups -OCH3 is 1. The van der Waals surface area contributed by atoms with Gasteiger partial charge in [0, 0.05) is 12.1 Å². The largest absolute Gasteiger partial charge is 0.481 e. The highest BCUT2D eigenvalue weighted by atomic mass is 32.1. The van der Waals surface area contributed by atoms with Gasteiger partial charge in [0.05, 0.1) is 18.3 Å². The first kappa shape index (κ1) is 13.7. The van der Waals surface area contributed by atoms with Crippen LogP contribution < -0.4 is 4.74 Å². The second-order valence-electron chi connectivity index (χ2n) is 4.54. The molecule has 2 aromatic heterocycles. The number of benzene rings is 1. The third-order valence-corrected chi connectivity index (χ3v) is 3.47. The first-order valence-electron chi connectivity index (χ1n) is 6.13. The fraction of sp³-hybridized carbons (Fsp3) is 0.143. The van der Waals surface area contributed by atoms with Crippen LogP contribution in [0.4, 0.5) is 8.78 Å². The van der Waals surface area contributed by atoms with Crippen molar-refractivity contribution in [1.29, 1.82) is 0 Å². The van der Waals surface area contributed by atoms with Gasteiger partial charge in [0.1, 0.15) is 11.6 Å². The van der Waals surface area contributed by atoms with Crippen LogP contribution in [0.5, 0.6) is 5.88 Å². The summed E-state index contributed by atoms with van der Waals surface area (Å²) in [6.07, 6.45) is 0. The van der Waals surface area contributed by atoms with Crippen LogP contribution in [0.15, 0.2) is 24.3 Å². The van der Waals surface area contributed by atoms with Gasteiger partial charge in [-0.15, -0.1) is 0 Å². The van der Waals surface area contributed by atoms with E-state index in [1.165, 1.54) is 18.6 Å². The van der Waals surface area contributed by atoms with Crippen LogP contribution in [0.25, 0.3) is 16.9 Å². The number of hydrogen-bond acceptors (Lipinski definition) is 3. The van der Waals surface area contributed by atoms with Gasteiger partial charge in [0.2, 0.25) is 5.88 Å². The van der Waals surface area contributed by atoms with Gasteiger partial charge in [-0.25, -0.2) is 8.78 Å². The van der Waals surface area contributed by atoms with Crippen LogP contribution >= 0.6 is 12.2 Å². The second-order valence-corrected chi connectivity index (χ2v) is 4.93. The van der Waals surface area contributed by atoms with E-state index in [1.807, 2.05) is 0 Å². The Hall–Kier alpha value is -2.28. The zero-order valence-electron chi connectivity index (χ0n) is 11.3. The molecule has 0 fully saturated rings. The van der Waals surface area contributed by atoms with E-state index in [4.69, 9.17) is 17.0 Å².